The van der Waals surface area contributed by atoms with Crippen molar-refractivity contribution in [3.05, 3.63) is 242 Å². The predicted octanol–water partition coefficient (Wildman–Crippen LogP) is 17.2. The van der Waals surface area contributed by atoms with Crippen molar-refractivity contribution >= 4 is 77.2 Å². The molecule has 0 spiro atoms. The SMILES string of the molecule is CC1(C)c2cc(-c3ccc(N(c4ccccc4)c4cccc5ccccc45)c4ccccc34)ccc2-c2c1c1ccc(N(c3ccccc3)c3ccccc3)cc1c1ccccc21. The zero-order valence-electron chi connectivity index (χ0n) is 35.3. The van der Waals surface area contributed by atoms with Gasteiger partial charge in [0.25, 0.3) is 0 Å². The molecule has 1 aliphatic carbocycles. The van der Waals surface area contributed by atoms with Crippen LogP contribution in [0.15, 0.2) is 231 Å². The average molecular weight is 805 g/mol. The summed E-state index contributed by atoms with van der Waals surface area (Å²) in [6, 6.07) is 84.4. The van der Waals surface area contributed by atoms with E-state index in [-0.39, 0.29) is 5.41 Å². The molecule has 0 heterocycles. The molecule has 12 rings (SSSR count). The Hall–Kier alpha value is -7.94. The van der Waals surface area contributed by atoms with E-state index in [1.165, 1.54) is 76.5 Å². The van der Waals surface area contributed by atoms with E-state index in [1.807, 2.05) is 0 Å². The van der Waals surface area contributed by atoms with Crippen LogP contribution < -0.4 is 9.80 Å². The van der Waals surface area contributed by atoms with Gasteiger partial charge in [-0.1, -0.05) is 178 Å². The van der Waals surface area contributed by atoms with E-state index in [9.17, 15) is 0 Å². The molecule has 0 bridgehead atoms. The summed E-state index contributed by atoms with van der Waals surface area (Å²) < 4.78 is 0. The highest BCUT2D eigenvalue weighted by Crippen LogP contribution is 2.56. The van der Waals surface area contributed by atoms with E-state index in [2.05, 4.69) is 254 Å². The van der Waals surface area contributed by atoms with Gasteiger partial charge in [-0.2, -0.15) is 0 Å². The highest BCUT2D eigenvalue weighted by Gasteiger charge is 2.39. The molecule has 0 amide bonds. The third kappa shape index (κ3) is 5.86. The van der Waals surface area contributed by atoms with Crippen LogP contribution in [0.25, 0.3) is 65.3 Å². The minimum absolute atomic E-state index is 0.253. The van der Waals surface area contributed by atoms with E-state index in [1.54, 1.807) is 0 Å². The van der Waals surface area contributed by atoms with Crippen LogP contribution in [0.1, 0.15) is 25.0 Å². The maximum Gasteiger partial charge on any atom is 0.0540 e. The molecule has 63 heavy (non-hydrogen) atoms. The third-order valence-corrected chi connectivity index (χ3v) is 13.4. The van der Waals surface area contributed by atoms with Gasteiger partial charge in [-0.3, -0.25) is 0 Å². The van der Waals surface area contributed by atoms with Crippen molar-refractivity contribution in [1.29, 1.82) is 0 Å². The topological polar surface area (TPSA) is 6.48 Å². The Morgan fingerprint density at radius 2 is 0.857 bits per heavy atom. The largest absolute Gasteiger partial charge is 0.310 e. The van der Waals surface area contributed by atoms with Gasteiger partial charge in [-0.15, -0.1) is 0 Å². The predicted molar refractivity (Wildman–Crippen MR) is 269 cm³/mol. The number of para-hydroxylation sites is 3. The molecule has 0 radical (unpaired) electrons. The van der Waals surface area contributed by atoms with E-state index < -0.39 is 0 Å². The molecule has 2 nitrogen and oxygen atoms in total. The van der Waals surface area contributed by atoms with Gasteiger partial charge in [0, 0.05) is 38.9 Å². The highest BCUT2D eigenvalue weighted by atomic mass is 15.1. The van der Waals surface area contributed by atoms with Crippen LogP contribution >= 0.6 is 0 Å². The Bertz CT molecular complexity index is 3490. The first kappa shape index (κ1) is 36.9. The molecule has 11 aromatic carbocycles. The van der Waals surface area contributed by atoms with Crippen molar-refractivity contribution in [1.82, 2.24) is 0 Å². The summed E-state index contributed by atoms with van der Waals surface area (Å²) in [5.41, 5.74) is 14.5. The fraction of sp³-hybridized carbons (Fsp3) is 0.0492. The first-order valence-electron chi connectivity index (χ1n) is 21.9. The smallest absolute Gasteiger partial charge is 0.0540 e. The van der Waals surface area contributed by atoms with Crippen LogP contribution in [-0.4, -0.2) is 0 Å². The lowest BCUT2D eigenvalue weighted by molar-refractivity contribution is 0.667. The number of anilines is 6. The molecule has 0 atom stereocenters. The van der Waals surface area contributed by atoms with Gasteiger partial charge in [0.1, 0.15) is 0 Å². The van der Waals surface area contributed by atoms with Gasteiger partial charge < -0.3 is 9.80 Å². The van der Waals surface area contributed by atoms with Crippen molar-refractivity contribution in [2.75, 3.05) is 9.80 Å². The fourth-order valence-corrected chi connectivity index (χ4v) is 10.5. The Labute approximate surface area is 368 Å². The molecule has 0 saturated heterocycles. The van der Waals surface area contributed by atoms with Crippen LogP contribution in [0.2, 0.25) is 0 Å². The number of fused-ring (bicyclic) bond motifs is 10. The zero-order chi connectivity index (χ0) is 42.1. The minimum atomic E-state index is -0.253. The fourth-order valence-electron chi connectivity index (χ4n) is 10.5. The summed E-state index contributed by atoms with van der Waals surface area (Å²) in [5, 5.41) is 10.0. The van der Waals surface area contributed by atoms with Crippen molar-refractivity contribution < 1.29 is 0 Å². The Morgan fingerprint density at radius 3 is 1.56 bits per heavy atom. The molecule has 1 aliphatic rings. The Kier molecular flexibility index (Phi) is 8.55. The Morgan fingerprint density at radius 1 is 0.317 bits per heavy atom. The second-order valence-corrected chi connectivity index (χ2v) is 17.3. The molecule has 2 heteroatoms. The first-order valence-corrected chi connectivity index (χ1v) is 21.9. The molecular formula is C61H44N2. The summed E-state index contributed by atoms with van der Waals surface area (Å²) in [6.07, 6.45) is 0. The van der Waals surface area contributed by atoms with E-state index in [0.717, 1.165) is 34.1 Å². The molecule has 0 fully saturated rings. The third-order valence-electron chi connectivity index (χ3n) is 13.4. The summed E-state index contributed by atoms with van der Waals surface area (Å²) in [4.78, 5) is 4.79. The van der Waals surface area contributed by atoms with Crippen LogP contribution in [0.3, 0.4) is 0 Å². The van der Waals surface area contributed by atoms with E-state index in [0.29, 0.717) is 0 Å². The summed E-state index contributed by atoms with van der Waals surface area (Å²) in [6.45, 7) is 4.85. The average Bonchev–Trinajstić information content (AvgIpc) is 3.58. The number of rotatable bonds is 7. The van der Waals surface area contributed by atoms with Crippen molar-refractivity contribution in [3.63, 3.8) is 0 Å². The summed E-state index contributed by atoms with van der Waals surface area (Å²) in [5.74, 6) is 0. The molecule has 0 aliphatic heterocycles. The van der Waals surface area contributed by atoms with Gasteiger partial charge in [-0.05, 0) is 132 Å². The first-order chi connectivity index (χ1) is 31.0. The standard InChI is InChI=1S/C61H44N2/c1-61(2)56-39-42(47-37-38-58(51-30-16-14-28-49(47)51)63(45-25-10-5-11-26-45)57-32-18-20-41-19-12-13-27-48(41)57)33-35-54(56)59-52-31-17-15-29-50(52)55-40-46(34-36-53(55)60(59)61)62(43-21-6-3-7-22-43)44-23-8-4-9-24-44/h3-40H,1-2H3. The van der Waals surface area contributed by atoms with Crippen molar-refractivity contribution in [2.24, 2.45) is 0 Å². The van der Waals surface area contributed by atoms with Gasteiger partial charge in [0.2, 0.25) is 0 Å². The lowest BCUT2D eigenvalue weighted by Gasteiger charge is -2.29. The van der Waals surface area contributed by atoms with Gasteiger partial charge in [0.05, 0.1) is 11.4 Å². The van der Waals surface area contributed by atoms with Gasteiger partial charge in [-0.25, -0.2) is 0 Å². The summed E-state index contributed by atoms with van der Waals surface area (Å²) >= 11 is 0. The van der Waals surface area contributed by atoms with Crippen LogP contribution in [0, 0.1) is 0 Å². The number of benzene rings is 11. The van der Waals surface area contributed by atoms with Crippen LogP contribution in [0.5, 0.6) is 0 Å². The molecule has 0 aromatic heterocycles. The quantitative estimate of drug-likeness (QED) is 0.148. The van der Waals surface area contributed by atoms with E-state index >= 15 is 0 Å². The molecule has 298 valence electrons. The van der Waals surface area contributed by atoms with Crippen LogP contribution in [-0.2, 0) is 5.41 Å². The second-order valence-electron chi connectivity index (χ2n) is 17.3. The van der Waals surface area contributed by atoms with Gasteiger partial charge in [0.15, 0.2) is 0 Å². The lowest BCUT2D eigenvalue weighted by atomic mass is 9.78. The molecule has 0 saturated carbocycles. The molecule has 11 aromatic rings. The zero-order valence-corrected chi connectivity index (χ0v) is 35.3. The van der Waals surface area contributed by atoms with Crippen LogP contribution in [0.4, 0.5) is 34.1 Å². The van der Waals surface area contributed by atoms with Crippen molar-refractivity contribution in [2.45, 2.75) is 19.3 Å². The second kappa shape index (κ2) is 14.6. The maximum atomic E-state index is 2.48. The minimum Gasteiger partial charge on any atom is -0.310 e. The molecule has 0 N–H and O–H groups in total. The Balaban J connectivity index is 1.02. The maximum absolute atomic E-state index is 2.48. The van der Waals surface area contributed by atoms with E-state index in [4.69, 9.17) is 0 Å². The highest BCUT2D eigenvalue weighted by molar-refractivity contribution is 6.19. The number of hydrogen-bond acceptors (Lipinski definition) is 2. The van der Waals surface area contributed by atoms with Crippen molar-refractivity contribution in [3.8, 4) is 22.3 Å². The monoisotopic (exact) mass is 804 g/mol. The van der Waals surface area contributed by atoms with Gasteiger partial charge >= 0.3 is 0 Å². The normalized spacial score (nSPS) is 12.7. The number of hydrogen-bond donors (Lipinski definition) is 0. The lowest BCUT2D eigenvalue weighted by Crippen LogP contribution is -2.16. The molecule has 0 unspecified atom stereocenters. The summed E-state index contributed by atoms with van der Waals surface area (Å²) in [7, 11) is 0. The molecular weight excluding hydrogens is 761 g/mol. The number of nitrogens with zero attached hydrogens (tertiary/aromatic N) is 2.